The van der Waals surface area contributed by atoms with Crippen LogP contribution >= 0.6 is 0 Å². The van der Waals surface area contributed by atoms with Gasteiger partial charge in [0.25, 0.3) is 11.8 Å². The number of hydrogen-bond donors (Lipinski definition) is 3. The molecular formula is C27H31N5O4. The maximum atomic E-state index is 12.9. The van der Waals surface area contributed by atoms with E-state index >= 15 is 0 Å². The number of aryl methyl sites for hydroxylation is 1. The molecule has 36 heavy (non-hydrogen) atoms. The van der Waals surface area contributed by atoms with Crippen LogP contribution in [0.15, 0.2) is 53.3 Å². The number of nitrogens with zero attached hydrogens (tertiary/aromatic N) is 2. The summed E-state index contributed by atoms with van der Waals surface area (Å²) in [5, 5.41) is 8.40. The van der Waals surface area contributed by atoms with Crippen molar-refractivity contribution in [2.24, 2.45) is 5.92 Å². The van der Waals surface area contributed by atoms with Gasteiger partial charge in [0.2, 0.25) is 5.91 Å². The number of hydrogen-bond acceptors (Lipinski definition) is 6. The lowest BCUT2D eigenvalue weighted by molar-refractivity contribution is -0.124. The van der Waals surface area contributed by atoms with Gasteiger partial charge in [-0.15, -0.1) is 0 Å². The summed E-state index contributed by atoms with van der Waals surface area (Å²) >= 11 is 0. The fraction of sp³-hybridized carbons (Fsp3) is 0.370. The second kappa shape index (κ2) is 11.6. The van der Waals surface area contributed by atoms with Crippen molar-refractivity contribution >= 4 is 17.7 Å². The third-order valence-corrected chi connectivity index (χ3v) is 6.43. The van der Waals surface area contributed by atoms with Gasteiger partial charge in [0.15, 0.2) is 11.5 Å². The molecule has 1 unspecified atom stereocenters. The number of likely N-dealkylation sites (N-methyl/N-ethyl adjacent to an activating group) is 1. The SMILES string of the molecule is CNC(=O)C(NC(=O)c1ccc(-c2cc(CNC(=O)c3cncc(C)c3)ccn2)o1)C1CCCCC1. The first kappa shape index (κ1) is 25.1. The zero-order valence-electron chi connectivity index (χ0n) is 20.5. The summed E-state index contributed by atoms with van der Waals surface area (Å²) < 4.78 is 5.79. The summed E-state index contributed by atoms with van der Waals surface area (Å²) in [6.07, 6.45) is 9.94. The summed E-state index contributed by atoms with van der Waals surface area (Å²) in [6, 6.07) is 8.03. The summed E-state index contributed by atoms with van der Waals surface area (Å²) in [6.45, 7) is 2.18. The largest absolute Gasteiger partial charge is 0.449 e. The number of carbonyl (C=O) groups is 3. The highest BCUT2D eigenvalue weighted by Crippen LogP contribution is 2.27. The molecule has 1 aliphatic rings. The number of furan rings is 1. The van der Waals surface area contributed by atoms with Crippen molar-refractivity contribution in [1.82, 2.24) is 25.9 Å². The van der Waals surface area contributed by atoms with E-state index in [0.29, 0.717) is 23.6 Å². The van der Waals surface area contributed by atoms with E-state index in [-0.39, 0.29) is 23.5 Å². The maximum Gasteiger partial charge on any atom is 0.287 e. The van der Waals surface area contributed by atoms with Gasteiger partial charge in [-0.1, -0.05) is 19.3 Å². The Kier molecular flexibility index (Phi) is 8.10. The van der Waals surface area contributed by atoms with Crippen molar-refractivity contribution in [2.45, 2.75) is 51.6 Å². The summed E-state index contributed by atoms with van der Waals surface area (Å²) in [5.74, 6) is -0.200. The van der Waals surface area contributed by atoms with E-state index in [2.05, 4.69) is 25.9 Å². The fourth-order valence-electron chi connectivity index (χ4n) is 4.51. The first-order valence-corrected chi connectivity index (χ1v) is 12.2. The number of pyridine rings is 2. The molecule has 0 spiro atoms. The van der Waals surface area contributed by atoms with E-state index in [1.165, 1.54) is 6.20 Å². The lowest BCUT2D eigenvalue weighted by atomic mass is 9.83. The molecule has 3 aromatic heterocycles. The highest BCUT2D eigenvalue weighted by atomic mass is 16.4. The smallest absolute Gasteiger partial charge is 0.287 e. The predicted molar refractivity (Wildman–Crippen MR) is 134 cm³/mol. The Morgan fingerprint density at radius 2 is 1.86 bits per heavy atom. The number of aromatic nitrogens is 2. The lowest BCUT2D eigenvalue weighted by Gasteiger charge is -2.29. The Hall–Kier alpha value is -4.01. The number of carbonyl (C=O) groups excluding carboxylic acids is 3. The van der Waals surface area contributed by atoms with Crippen LogP contribution < -0.4 is 16.0 Å². The Balaban J connectivity index is 1.41. The van der Waals surface area contributed by atoms with Gasteiger partial charge >= 0.3 is 0 Å². The third kappa shape index (κ3) is 6.16. The van der Waals surface area contributed by atoms with Gasteiger partial charge in [0.1, 0.15) is 11.7 Å². The van der Waals surface area contributed by atoms with Gasteiger partial charge in [-0.05, 0) is 67.1 Å². The summed E-state index contributed by atoms with van der Waals surface area (Å²) in [7, 11) is 1.58. The minimum absolute atomic E-state index is 0.112. The molecule has 4 rings (SSSR count). The normalized spacial score (nSPS) is 14.6. The average molecular weight is 490 g/mol. The molecule has 1 aliphatic carbocycles. The van der Waals surface area contributed by atoms with Crippen LogP contribution in [0, 0.1) is 12.8 Å². The highest BCUT2D eigenvalue weighted by Gasteiger charge is 2.31. The number of nitrogens with one attached hydrogen (secondary N) is 3. The van der Waals surface area contributed by atoms with E-state index in [1.807, 2.05) is 6.92 Å². The van der Waals surface area contributed by atoms with Crippen LogP contribution in [-0.4, -0.2) is 40.8 Å². The number of amides is 3. The molecule has 3 N–H and O–H groups in total. The van der Waals surface area contributed by atoms with Crippen LogP contribution in [-0.2, 0) is 11.3 Å². The first-order valence-electron chi connectivity index (χ1n) is 12.2. The zero-order chi connectivity index (χ0) is 25.5. The van der Waals surface area contributed by atoms with Crippen molar-refractivity contribution in [3.8, 4) is 11.5 Å². The molecule has 1 fully saturated rings. The van der Waals surface area contributed by atoms with Crippen molar-refractivity contribution in [3.05, 3.63) is 71.4 Å². The minimum atomic E-state index is -0.593. The second-order valence-electron chi connectivity index (χ2n) is 9.11. The molecule has 0 saturated heterocycles. The lowest BCUT2D eigenvalue weighted by Crippen LogP contribution is -2.50. The van der Waals surface area contributed by atoms with Crippen LogP contribution in [0.25, 0.3) is 11.5 Å². The molecule has 3 amide bonds. The fourth-order valence-corrected chi connectivity index (χ4v) is 4.51. The van der Waals surface area contributed by atoms with E-state index in [1.54, 1.807) is 49.8 Å². The van der Waals surface area contributed by atoms with E-state index in [4.69, 9.17) is 4.42 Å². The minimum Gasteiger partial charge on any atom is -0.449 e. The quantitative estimate of drug-likeness (QED) is 0.445. The molecule has 3 heterocycles. The van der Waals surface area contributed by atoms with Crippen LogP contribution in [0.2, 0.25) is 0 Å². The van der Waals surface area contributed by atoms with Crippen molar-refractivity contribution in [2.75, 3.05) is 7.05 Å². The highest BCUT2D eigenvalue weighted by molar-refractivity contribution is 5.96. The van der Waals surface area contributed by atoms with Gasteiger partial charge in [0, 0.05) is 32.2 Å². The van der Waals surface area contributed by atoms with E-state index in [0.717, 1.165) is 43.2 Å². The molecule has 1 saturated carbocycles. The first-order chi connectivity index (χ1) is 17.4. The molecule has 188 valence electrons. The second-order valence-corrected chi connectivity index (χ2v) is 9.11. The van der Waals surface area contributed by atoms with Gasteiger partial charge in [-0.3, -0.25) is 24.4 Å². The van der Waals surface area contributed by atoms with Gasteiger partial charge in [0.05, 0.1) is 5.56 Å². The van der Waals surface area contributed by atoms with Crippen molar-refractivity contribution < 1.29 is 18.8 Å². The van der Waals surface area contributed by atoms with E-state index in [9.17, 15) is 14.4 Å². The van der Waals surface area contributed by atoms with Crippen LogP contribution in [0.5, 0.6) is 0 Å². The molecule has 9 nitrogen and oxygen atoms in total. The molecular weight excluding hydrogens is 458 g/mol. The molecule has 9 heteroatoms. The maximum absolute atomic E-state index is 12.9. The Bertz CT molecular complexity index is 1230. The molecule has 1 atom stereocenters. The van der Waals surface area contributed by atoms with Gasteiger partial charge < -0.3 is 20.4 Å². The topological polar surface area (TPSA) is 126 Å². The van der Waals surface area contributed by atoms with Crippen molar-refractivity contribution in [1.29, 1.82) is 0 Å². The molecule has 3 aromatic rings. The Morgan fingerprint density at radius 1 is 1.06 bits per heavy atom. The molecule has 0 bridgehead atoms. The monoisotopic (exact) mass is 489 g/mol. The van der Waals surface area contributed by atoms with Crippen molar-refractivity contribution in [3.63, 3.8) is 0 Å². The van der Waals surface area contributed by atoms with Crippen LogP contribution in [0.1, 0.15) is 64.1 Å². The molecule has 0 radical (unpaired) electrons. The predicted octanol–water partition coefficient (Wildman–Crippen LogP) is 3.40. The summed E-state index contributed by atoms with van der Waals surface area (Å²) in [5.41, 5.74) is 2.77. The average Bonchev–Trinajstić information content (AvgIpc) is 3.41. The van der Waals surface area contributed by atoms with Crippen LogP contribution in [0.3, 0.4) is 0 Å². The third-order valence-electron chi connectivity index (χ3n) is 6.43. The van der Waals surface area contributed by atoms with E-state index < -0.39 is 11.9 Å². The van der Waals surface area contributed by atoms with Crippen LogP contribution in [0.4, 0.5) is 0 Å². The van der Waals surface area contributed by atoms with Gasteiger partial charge in [-0.2, -0.15) is 0 Å². The molecule has 0 aromatic carbocycles. The van der Waals surface area contributed by atoms with Gasteiger partial charge in [-0.25, -0.2) is 0 Å². The number of rotatable bonds is 8. The summed E-state index contributed by atoms with van der Waals surface area (Å²) in [4.78, 5) is 46.2. The zero-order valence-corrected chi connectivity index (χ0v) is 20.5. The Morgan fingerprint density at radius 3 is 2.61 bits per heavy atom. The Labute approximate surface area is 210 Å². The standard InChI is InChI=1S/C27H31N5O4/c1-17-12-20(16-29-14-17)25(33)31-15-18-10-11-30-21(13-18)22-8-9-23(36-22)26(34)32-24(27(35)28-2)19-6-4-3-5-7-19/h8-14,16,19,24H,3-7,15H2,1-2H3,(H,28,35)(H,31,33)(H,32,34). The molecule has 0 aliphatic heterocycles.